The van der Waals surface area contributed by atoms with Crippen LogP contribution in [0.3, 0.4) is 0 Å². The summed E-state index contributed by atoms with van der Waals surface area (Å²) >= 11 is 0. The summed E-state index contributed by atoms with van der Waals surface area (Å²) < 4.78 is 0. The lowest BCUT2D eigenvalue weighted by Gasteiger charge is -2.05. The molecule has 0 aromatic carbocycles. The minimum Gasteiger partial charge on any atom is -0.103 e. The Labute approximate surface area is 77.4 Å². The second kappa shape index (κ2) is 7.15. The van der Waals surface area contributed by atoms with E-state index in [1.807, 2.05) is 6.08 Å². The van der Waals surface area contributed by atoms with Gasteiger partial charge in [-0.05, 0) is 39.0 Å². The van der Waals surface area contributed by atoms with Crippen LogP contribution in [0.2, 0.25) is 0 Å². The van der Waals surface area contributed by atoms with E-state index in [-0.39, 0.29) is 0 Å². The Morgan fingerprint density at radius 1 is 1.33 bits per heavy atom. The van der Waals surface area contributed by atoms with E-state index in [0.717, 1.165) is 5.92 Å². The third-order valence-electron chi connectivity index (χ3n) is 1.94. The summed E-state index contributed by atoms with van der Waals surface area (Å²) in [5.41, 5.74) is 1.44. The normalized spacial score (nSPS) is 12.2. The van der Waals surface area contributed by atoms with Crippen LogP contribution in [0.5, 0.6) is 0 Å². The van der Waals surface area contributed by atoms with Gasteiger partial charge in [-0.15, -0.1) is 6.58 Å². The van der Waals surface area contributed by atoms with Crippen molar-refractivity contribution >= 4 is 0 Å². The van der Waals surface area contributed by atoms with E-state index in [1.165, 1.54) is 31.3 Å². The summed E-state index contributed by atoms with van der Waals surface area (Å²) in [5.74, 6) is 0.750. The number of hydrogen-bond donors (Lipinski definition) is 0. The Hall–Kier alpha value is -0.520. The summed E-state index contributed by atoms with van der Waals surface area (Å²) in [5, 5.41) is 0. The van der Waals surface area contributed by atoms with Crippen molar-refractivity contribution in [2.75, 3.05) is 0 Å². The Bertz CT molecular complexity index is 138. The molecule has 12 heavy (non-hydrogen) atoms. The summed E-state index contributed by atoms with van der Waals surface area (Å²) in [6.07, 6.45) is 9.47. The van der Waals surface area contributed by atoms with E-state index in [0.29, 0.717) is 0 Å². The molecule has 0 aromatic heterocycles. The first-order valence-electron chi connectivity index (χ1n) is 4.92. The van der Waals surface area contributed by atoms with E-state index >= 15 is 0 Å². The topological polar surface area (TPSA) is 0 Å². The van der Waals surface area contributed by atoms with Crippen LogP contribution >= 0.6 is 0 Å². The largest absolute Gasteiger partial charge is 0.103 e. The molecular weight excluding hydrogens is 144 g/mol. The van der Waals surface area contributed by atoms with Gasteiger partial charge in [0.15, 0.2) is 0 Å². The highest BCUT2D eigenvalue weighted by molar-refractivity contribution is 4.95. The number of unbranched alkanes of at least 4 members (excludes halogenated alkanes) is 2. The zero-order valence-corrected chi connectivity index (χ0v) is 8.77. The van der Waals surface area contributed by atoms with Gasteiger partial charge in [-0.3, -0.25) is 0 Å². The Balaban J connectivity index is 3.37. The first-order valence-corrected chi connectivity index (χ1v) is 4.92. The molecule has 0 N–H and O–H groups in total. The Kier molecular flexibility index (Phi) is 6.84. The van der Waals surface area contributed by atoms with Gasteiger partial charge in [0.05, 0.1) is 0 Å². The zero-order valence-electron chi connectivity index (χ0n) is 8.77. The molecule has 0 heteroatoms. The molecule has 0 nitrogen and oxygen atoms in total. The molecule has 0 heterocycles. The molecule has 0 saturated carbocycles. The first-order chi connectivity index (χ1) is 5.66. The lowest BCUT2D eigenvalue weighted by molar-refractivity contribution is 0.582. The zero-order chi connectivity index (χ0) is 9.40. The quantitative estimate of drug-likeness (QED) is 0.407. The van der Waals surface area contributed by atoms with Gasteiger partial charge in [0.25, 0.3) is 0 Å². The van der Waals surface area contributed by atoms with Gasteiger partial charge >= 0.3 is 0 Å². The first kappa shape index (κ1) is 11.5. The predicted molar refractivity (Wildman–Crippen MR) is 57.3 cm³/mol. The van der Waals surface area contributed by atoms with E-state index in [9.17, 15) is 0 Å². The van der Waals surface area contributed by atoms with Gasteiger partial charge in [-0.25, -0.2) is 0 Å². The van der Waals surface area contributed by atoms with Crippen LogP contribution < -0.4 is 0 Å². The van der Waals surface area contributed by atoms with Crippen LogP contribution in [0.25, 0.3) is 0 Å². The minimum absolute atomic E-state index is 0.750. The third kappa shape index (κ3) is 7.59. The molecule has 0 fully saturated rings. The number of allylic oxidation sites excluding steroid dienone is 3. The van der Waals surface area contributed by atoms with E-state index in [4.69, 9.17) is 0 Å². The highest BCUT2D eigenvalue weighted by Crippen LogP contribution is 2.12. The molecule has 0 rings (SSSR count). The summed E-state index contributed by atoms with van der Waals surface area (Å²) in [7, 11) is 0. The minimum atomic E-state index is 0.750. The molecule has 0 saturated heterocycles. The maximum absolute atomic E-state index is 3.71. The van der Waals surface area contributed by atoms with Gasteiger partial charge in [0, 0.05) is 0 Å². The van der Waals surface area contributed by atoms with Crippen molar-refractivity contribution in [2.24, 2.45) is 5.92 Å². The maximum Gasteiger partial charge on any atom is -0.0259 e. The fraction of sp³-hybridized carbons (Fsp3) is 0.667. The maximum atomic E-state index is 3.71. The standard InChI is InChI=1S/C12H22/c1-5-6-7-8-9-12(4)10-11(2)3/h5,10,12H,1,6-9H2,2-4H3. The van der Waals surface area contributed by atoms with Crippen LogP contribution in [0.1, 0.15) is 46.5 Å². The van der Waals surface area contributed by atoms with E-state index in [2.05, 4.69) is 33.4 Å². The molecule has 0 amide bonds. The molecule has 70 valence electrons. The van der Waals surface area contributed by atoms with Crippen molar-refractivity contribution in [3.05, 3.63) is 24.3 Å². The molecule has 0 spiro atoms. The predicted octanol–water partition coefficient (Wildman–Crippen LogP) is 4.34. The third-order valence-corrected chi connectivity index (χ3v) is 1.94. The number of hydrogen-bond acceptors (Lipinski definition) is 0. The van der Waals surface area contributed by atoms with Crippen molar-refractivity contribution in [3.8, 4) is 0 Å². The van der Waals surface area contributed by atoms with Crippen LogP contribution in [0.15, 0.2) is 24.3 Å². The average molecular weight is 166 g/mol. The van der Waals surface area contributed by atoms with Crippen molar-refractivity contribution < 1.29 is 0 Å². The number of rotatable bonds is 6. The van der Waals surface area contributed by atoms with Crippen LogP contribution in [0.4, 0.5) is 0 Å². The second-order valence-electron chi connectivity index (χ2n) is 3.79. The smallest absolute Gasteiger partial charge is 0.0259 e. The van der Waals surface area contributed by atoms with Gasteiger partial charge in [0.2, 0.25) is 0 Å². The molecule has 0 bridgehead atoms. The molecule has 0 aromatic rings. The van der Waals surface area contributed by atoms with Crippen LogP contribution in [0, 0.1) is 5.92 Å². The molecule has 0 radical (unpaired) electrons. The lowest BCUT2D eigenvalue weighted by Crippen LogP contribution is -1.90. The van der Waals surface area contributed by atoms with Gasteiger partial charge in [-0.2, -0.15) is 0 Å². The molecule has 1 unspecified atom stereocenters. The van der Waals surface area contributed by atoms with Crippen molar-refractivity contribution in [1.29, 1.82) is 0 Å². The molecule has 1 atom stereocenters. The van der Waals surface area contributed by atoms with Crippen molar-refractivity contribution in [2.45, 2.75) is 46.5 Å². The fourth-order valence-corrected chi connectivity index (χ4v) is 1.41. The fourth-order valence-electron chi connectivity index (χ4n) is 1.41. The van der Waals surface area contributed by atoms with Crippen LogP contribution in [-0.2, 0) is 0 Å². The summed E-state index contributed by atoms with van der Waals surface area (Å²) in [6.45, 7) is 10.3. The molecule has 0 aliphatic carbocycles. The molecule has 0 aliphatic rings. The van der Waals surface area contributed by atoms with E-state index in [1.54, 1.807) is 0 Å². The lowest BCUT2D eigenvalue weighted by atomic mass is 10.0. The van der Waals surface area contributed by atoms with Gasteiger partial charge < -0.3 is 0 Å². The summed E-state index contributed by atoms with van der Waals surface area (Å²) in [4.78, 5) is 0. The SMILES string of the molecule is C=CCCCCC(C)C=C(C)C. The molecular formula is C12H22. The van der Waals surface area contributed by atoms with Crippen molar-refractivity contribution in [3.63, 3.8) is 0 Å². The highest BCUT2D eigenvalue weighted by atomic mass is 14.0. The average Bonchev–Trinajstić information content (AvgIpc) is 1.97. The van der Waals surface area contributed by atoms with Gasteiger partial charge in [0.1, 0.15) is 0 Å². The highest BCUT2D eigenvalue weighted by Gasteiger charge is 1.96. The molecule has 0 aliphatic heterocycles. The van der Waals surface area contributed by atoms with E-state index < -0.39 is 0 Å². The Morgan fingerprint density at radius 2 is 2.00 bits per heavy atom. The second-order valence-corrected chi connectivity index (χ2v) is 3.79. The monoisotopic (exact) mass is 166 g/mol. The van der Waals surface area contributed by atoms with Crippen molar-refractivity contribution in [1.82, 2.24) is 0 Å². The van der Waals surface area contributed by atoms with Gasteiger partial charge in [-0.1, -0.05) is 31.1 Å². The summed E-state index contributed by atoms with van der Waals surface area (Å²) in [6, 6.07) is 0. The van der Waals surface area contributed by atoms with Crippen LogP contribution in [-0.4, -0.2) is 0 Å². The Morgan fingerprint density at radius 3 is 2.50 bits per heavy atom.